The van der Waals surface area contributed by atoms with Gasteiger partial charge in [0.25, 0.3) is 0 Å². The van der Waals surface area contributed by atoms with Crippen LogP contribution >= 0.6 is 0 Å². The minimum Gasteiger partial charge on any atom is -0.469 e. The van der Waals surface area contributed by atoms with E-state index in [0.717, 1.165) is 18.6 Å². The maximum atomic E-state index is 5.95. The molecular formula is C12H17NO2. The van der Waals surface area contributed by atoms with E-state index < -0.39 is 0 Å². The van der Waals surface area contributed by atoms with Crippen molar-refractivity contribution in [3.8, 4) is 0 Å². The molecular weight excluding hydrogens is 190 g/mol. The van der Waals surface area contributed by atoms with Crippen LogP contribution in [0.25, 0.3) is 0 Å². The first kappa shape index (κ1) is 9.43. The third-order valence-electron chi connectivity index (χ3n) is 3.94. The summed E-state index contributed by atoms with van der Waals surface area (Å²) in [5, 5.41) is 0. The minimum absolute atomic E-state index is 0.140. The Kier molecular flexibility index (Phi) is 2.11. The third kappa shape index (κ3) is 1.42. The molecule has 0 radical (unpaired) electrons. The molecule has 2 bridgehead atoms. The summed E-state index contributed by atoms with van der Waals surface area (Å²) in [5.74, 6) is 1.04. The van der Waals surface area contributed by atoms with E-state index in [0.29, 0.717) is 18.8 Å². The van der Waals surface area contributed by atoms with Gasteiger partial charge in [0, 0.05) is 18.4 Å². The van der Waals surface area contributed by atoms with Gasteiger partial charge in [0.05, 0.1) is 18.5 Å². The number of nitrogens with two attached hydrogens (primary N) is 1. The lowest BCUT2D eigenvalue weighted by Crippen LogP contribution is -2.41. The van der Waals surface area contributed by atoms with Crippen molar-refractivity contribution >= 4 is 0 Å². The molecule has 0 saturated carbocycles. The lowest BCUT2D eigenvalue weighted by atomic mass is 9.71. The average Bonchev–Trinajstić information content (AvgIpc) is 2.93. The Morgan fingerprint density at radius 3 is 2.93 bits per heavy atom. The SMILES string of the molecule is NCC1(Cc2ccco2)CC2CCC1O2. The second kappa shape index (κ2) is 3.35. The van der Waals surface area contributed by atoms with Crippen molar-refractivity contribution < 1.29 is 9.15 Å². The van der Waals surface area contributed by atoms with Crippen molar-refractivity contribution in [1.82, 2.24) is 0 Å². The highest BCUT2D eigenvalue weighted by molar-refractivity contribution is 5.09. The lowest BCUT2D eigenvalue weighted by Gasteiger charge is -2.33. The van der Waals surface area contributed by atoms with E-state index in [9.17, 15) is 0 Å². The van der Waals surface area contributed by atoms with Gasteiger partial charge in [-0.25, -0.2) is 0 Å². The van der Waals surface area contributed by atoms with Crippen molar-refractivity contribution in [1.29, 1.82) is 0 Å². The fraction of sp³-hybridized carbons (Fsp3) is 0.667. The molecule has 2 aliphatic heterocycles. The van der Waals surface area contributed by atoms with E-state index in [1.807, 2.05) is 12.1 Å². The highest BCUT2D eigenvalue weighted by Crippen LogP contribution is 2.48. The highest BCUT2D eigenvalue weighted by atomic mass is 16.5. The molecule has 82 valence electrons. The molecule has 2 fully saturated rings. The summed E-state index contributed by atoms with van der Waals surface area (Å²) in [6.07, 6.45) is 6.96. The summed E-state index contributed by atoms with van der Waals surface area (Å²) in [4.78, 5) is 0. The topological polar surface area (TPSA) is 48.4 Å². The van der Waals surface area contributed by atoms with E-state index in [4.69, 9.17) is 14.9 Å². The first-order valence-electron chi connectivity index (χ1n) is 5.70. The smallest absolute Gasteiger partial charge is 0.104 e. The normalized spacial score (nSPS) is 38.7. The van der Waals surface area contributed by atoms with Gasteiger partial charge in [0.15, 0.2) is 0 Å². The van der Waals surface area contributed by atoms with Crippen LogP contribution in [0.3, 0.4) is 0 Å². The molecule has 15 heavy (non-hydrogen) atoms. The van der Waals surface area contributed by atoms with Crippen molar-refractivity contribution in [2.45, 2.75) is 37.9 Å². The Morgan fingerprint density at radius 1 is 1.47 bits per heavy atom. The van der Waals surface area contributed by atoms with Crippen LogP contribution in [-0.2, 0) is 11.2 Å². The first-order chi connectivity index (χ1) is 7.32. The standard InChI is InChI=1S/C12H17NO2/c13-8-12(6-9-2-1-5-14-9)7-10-3-4-11(12)15-10/h1-2,5,10-11H,3-4,6-8,13H2. The Labute approximate surface area is 89.6 Å². The second-order valence-electron chi connectivity index (χ2n) is 4.85. The molecule has 0 aliphatic carbocycles. The van der Waals surface area contributed by atoms with Crippen LogP contribution in [0.15, 0.2) is 22.8 Å². The van der Waals surface area contributed by atoms with Crippen molar-refractivity contribution in [3.05, 3.63) is 24.2 Å². The molecule has 2 saturated heterocycles. The van der Waals surface area contributed by atoms with Crippen molar-refractivity contribution in [2.24, 2.45) is 11.1 Å². The number of hydrogen-bond donors (Lipinski definition) is 1. The molecule has 3 rings (SSSR count). The molecule has 3 unspecified atom stereocenters. The molecule has 1 aromatic rings. The number of rotatable bonds is 3. The number of furan rings is 1. The van der Waals surface area contributed by atoms with Gasteiger partial charge in [-0.2, -0.15) is 0 Å². The van der Waals surface area contributed by atoms with Crippen LogP contribution in [0.1, 0.15) is 25.0 Å². The van der Waals surface area contributed by atoms with Gasteiger partial charge in [-0.15, -0.1) is 0 Å². The number of ether oxygens (including phenoxy) is 1. The van der Waals surface area contributed by atoms with E-state index in [1.54, 1.807) is 6.26 Å². The maximum Gasteiger partial charge on any atom is 0.104 e. The van der Waals surface area contributed by atoms with Gasteiger partial charge < -0.3 is 14.9 Å². The van der Waals surface area contributed by atoms with Crippen LogP contribution in [0.4, 0.5) is 0 Å². The maximum absolute atomic E-state index is 5.95. The van der Waals surface area contributed by atoms with Gasteiger partial charge in [-0.3, -0.25) is 0 Å². The highest BCUT2D eigenvalue weighted by Gasteiger charge is 2.51. The van der Waals surface area contributed by atoms with Gasteiger partial charge in [0.1, 0.15) is 5.76 Å². The zero-order valence-corrected chi connectivity index (χ0v) is 8.82. The molecule has 0 spiro atoms. The average molecular weight is 207 g/mol. The van der Waals surface area contributed by atoms with Gasteiger partial charge in [-0.05, 0) is 31.4 Å². The van der Waals surface area contributed by atoms with Crippen molar-refractivity contribution in [3.63, 3.8) is 0 Å². The van der Waals surface area contributed by atoms with Crippen LogP contribution < -0.4 is 5.73 Å². The summed E-state index contributed by atoms with van der Waals surface area (Å²) in [7, 11) is 0. The Hall–Kier alpha value is -0.800. The first-order valence-corrected chi connectivity index (χ1v) is 5.70. The molecule has 2 aliphatic rings. The molecule has 3 atom stereocenters. The molecule has 3 nitrogen and oxygen atoms in total. The summed E-state index contributed by atoms with van der Waals surface area (Å²) in [6, 6.07) is 3.97. The lowest BCUT2D eigenvalue weighted by molar-refractivity contribution is 0.0615. The second-order valence-corrected chi connectivity index (χ2v) is 4.85. The zero-order valence-electron chi connectivity index (χ0n) is 8.82. The summed E-state index contributed by atoms with van der Waals surface area (Å²) < 4.78 is 11.3. The van der Waals surface area contributed by atoms with Crippen molar-refractivity contribution in [2.75, 3.05) is 6.54 Å². The van der Waals surface area contributed by atoms with E-state index in [-0.39, 0.29) is 5.41 Å². The van der Waals surface area contributed by atoms with Crippen LogP contribution in [0, 0.1) is 5.41 Å². The van der Waals surface area contributed by atoms with Crippen LogP contribution in [0.2, 0.25) is 0 Å². The predicted molar refractivity (Wildman–Crippen MR) is 56.4 cm³/mol. The Bertz CT molecular complexity index is 335. The largest absolute Gasteiger partial charge is 0.469 e. The molecule has 3 heterocycles. The van der Waals surface area contributed by atoms with Gasteiger partial charge in [0.2, 0.25) is 0 Å². The quantitative estimate of drug-likeness (QED) is 0.821. The van der Waals surface area contributed by atoms with Crippen LogP contribution in [-0.4, -0.2) is 18.8 Å². The summed E-state index contributed by atoms with van der Waals surface area (Å²) in [6.45, 7) is 0.703. The fourth-order valence-corrected chi connectivity index (χ4v) is 3.12. The van der Waals surface area contributed by atoms with Gasteiger partial charge >= 0.3 is 0 Å². The monoisotopic (exact) mass is 207 g/mol. The molecule has 1 aromatic heterocycles. The minimum atomic E-state index is 0.140. The third-order valence-corrected chi connectivity index (χ3v) is 3.94. The predicted octanol–water partition coefficient (Wildman–Crippen LogP) is 1.72. The molecule has 2 N–H and O–H groups in total. The van der Waals surface area contributed by atoms with E-state index >= 15 is 0 Å². The summed E-state index contributed by atoms with van der Waals surface area (Å²) >= 11 is 0. The van der Waals surface area contributed by atoms with Crippen LogP contribution in [0.5, 0.6) is 0 Å². The molecule has 3 heteroatoms. The van der Waals surface area contributed by atoms with E-state index in [1.165, 1.54) is 12.8 Å². The van der Waals surface area contributed by atoms with Gasteiger partial charge in [-0.1, -0.05) is 0 Å². The molecule has 0 aromatic carbocycles. The molecule has 0 amide bonds. The Morgan fingerprint density at radius 2 is 2.40 bits per heavy atom. The Balaban J connectivity index is 1.82. The zero-order chi connectivity index (χ0) is 10.3. The fourth-order valence-electron chi connectivity index (χ4n) is 3.12. The van der Waals surface area contributed by atoms with E-state index in [2.05, 4.69) is 0 Å². The summed E-state index contributed by atoms with van der Waals surface area (Å²) in [5.41, 5.74) is 6.09. The number of hydrogen-bond acceptors (Lipinski definition) is 3. The number of fused-ring (bicyclic) bond motifs is 2.